The summed E-state index contributed by atoms with van der Waals surface area (Å²) in [6.45, 7) is 0. The molecule has 0 radical (unpaired) electrons. The van der Waals surface area contributed by atoms with Gasteiger partial charge in [-0.1, -0.05) is 12.8 Å². The Morgan fingerprint density at radius 2 is 2.00 bits per heavy atom. The van der Waals surface area contributed by atoms with Crippen molar-refractivity contribution >= 4 is 11.6 Å². The fraction of sp³-hybridized carbons (Fsp3) is 1.00. The second-order valence-electron chi connectivity index (χ2n) is 2.57. The maximum atomic E-state index is 5.96. The molecule has 0 aromatic heterocycles. The number of methoxy groups -OCH3 is 1. The number of halogens is 1. The van der Waals surface area contributed by atoms with Gasteiger partial charge >= 0.3 is 0 Å². The van der Waals surface area contributed by atoms with E-state index in [0.29, 0.717) is 6.10 Å². The van der Waals surface area contributed by atoms with Gasteiger partial charge in [-0.15, -0.1) is 11.6 Å². The summed E-state index contributed by atoms with van der Waals surface area (Å²) in [5, 5.41) is 0.267. The summed E-state index contributed by atoms with van der Waals surface area (Å²) in [6, 6.07) is 0. The number of hydrogen-bond donors (Lipinski definition) is 0. The molecule has 0 N–H and O–H groups in total. The van der Waals surface area contributed by atoms with Gasteiger partial charge in [-0.2, -0.15) is 0 Å². The zero-order valence-electron chi connectivity index (χ0n) is 5.77. The predicted molar refractivity (Wildman–Crippen MR) is 38.9 cm³/mol. The first kappa shape index (κ1) is 7.36. The van der Waals surface area contributed by atoms with Gasteiger partial charge < -0.3 is 4.74 Å². The smallest absolute Gasteiger partial charge is 0.0734 e. The Labute approximate surface area is 61.3 Å². The summed E-state index contributed by atoms with van der Waals surface area (Å²) < 4.78 is 5.17. The van der Waals surface area contributed by atoms with Crippen LogP contribution < -0.4 is 0 Å². The van der Waals surface area contributed by atoms with Crippen molar-refractivity contribution in [2.75, 3.05) is 7.11 Å². The quantitative estimate of drug-likeness (QED) is 0.518. The minimum Gasteiger partial charge on any atom is -0.380 e. The van der Waals surface area contributed by atoms with Gasteiger partial charge in [-0.25, -0.2) is 0 Å². The first-order valence-corrected chi connectivity index (χ1v) is 3.95. The molecule has 1 nitrogen and oxygen atoms in total. The molecule has 0 aromatic carbocycles. The zero-order chi connectivity index (χ0) is 6.69. The average Bonchev–Trinajstić information content (AvgIpc) is 1.89. The van der Waals surface area contributed by atoms with Crippen LogP contribution in [0.5, 0.6) is 0 Å². The van der Waals surface area contributed by atoms with Gasteiger partial charge in [0.05, 0.1) is 11.5 Å². The molecule has 2 heteroatoms. The lowest BCUT2D eigenvalue weighted by molar-refractivity contribution is 0.0744. The molecule has 0 spiro atoms. The molecule has 0 bridgehead atoms. The van der Waals surface area contributed by atoms with Crippen molar-refractivity contribution in [3.05, 3.63) is 0 Å². The number of ether oxygens (including phenoxy) is 1. The van der Waals surface area contributed by atoms with Crippen molar-refractivity contribution in [1.82, 2.24) is 0 Å². The highest BCUT2D eigenvalue weighted by atomic mass is 35.5. The fourth-order valence-corrected chi connectivity index (χ4v) is 1.70. The molecule has 0 heterocycles. The average molecular weight is 149 g/mol. The van der Waals surface area contributed by atoms with Gasteiger partial charge in [0.25, 0.3) is 0 Å². The van der Waals surface area contributed by atoms with Gasteiger partial charge in [0, 0.05) is 7.11 Å². The second-order valence-corrected chi connectivity index (χ2v) is 3.14. The first-order valence-electron chi connectivity index (χ1n) is 3.51. The van der Waals surface area contributed by atoms with E-state index in [2.05, 4.69) is 0 Å². The molecule has 9 heavy (non-hydrogen) atoms. The van der Waals surface area contributed by atoms with Crippen molar-refractivity contribution in [3.8, 4) is 0 Å². The molecule has 0 aliphatic heterocycles. The minimum absolute atomic E-state index is 0.267. The predicted octanol–water partition coefficient (Wildman–Crippen LogP) is 2.18. The first-order chi connectivity index (χ1) is 4.34. The van der Waals surface area contributed by atoms with E-state index >= 15 is 0 Å². The highest BCUT2D eigenvalue weighted by Gasteiger charge is 2.21. The van der Waals surface area contributed by atoms with Crippen LogP contribution in [0, 0.1) is 0 Å². The third-order valence-corrected chi connectivity index (χ3v) is 2.42. The lowest BCUT2D eigenvalue weighted by Gasteiger charge is -2.25. The van der Waals surface area contributed by atoms with Crippen molar-refractivity contribution in [1.29, 1.82) is 0 Å². The van der Waals surface area contributed by atoms with E-state index in [1.54, 1.807) is 7.11 Å². The van der Waals surface area contributed by atoms with Crippen molar-refractivity contribution < 1.29 is 4.74 Å². The molecule has 1 aliphatic carbocycles. The molecular weight excluding hydrogens is 136 g/mol. The lowest BCUT2D eigenvalue weighted by atomic mass is 9.97. The molecule has 2 unspecified atom stereocenters. The van der Waals surface area contributed by atoms with Gasteiger partial charge in [0.15, 0.2) is 0 Å². The highest BCUT2D eigenvalue weighted by molar-refractivity contribution is 6.21. The lowest BCUT2D eigenvalue weighted by Crippen LogP contribution is -2.26. The van der Waals surface area contributed by atoms with Crippen LogP contribution in [0.4, 0.5) is 0 Å². The summed E-state index contributed by atoms with van der Waals surface area (Å²) in [5.41, 5.74) is 0. The molecule has 2 atom stereocenters. The van der Waals surface area contributed by atoms with Gasteiger partial charge in [-0.05, 0) is 12.8 Å². The number of rotatable bonds is 1. The Morgan fingerprint density at radius 1 is 1.33 bits per heavy atom. The van der Waals surface area contributed by atoms with Crippen LogP contribution in [0.1, 0.15) is 25.7 Å². The van der Waals surface area contributed by atoms with E-state index in [1.807, 2.05) is 0 Å². The monoisotopic (exact) mass is 148 g/mol. The maximum Gasteiger partial charge on any atom is 0.0734 e. The van der Waals surface area contributed by atoms with Gasteiger partial charge in [0.1, 0.15) is 0 Å². The van der Waals surface area contributed by atoms with E-state index in [0.717, 1.165) is 12.8 Å². The Morgan fingerprint density at radius 3 is 2.44 bits per heavy atom. The topological polar surface area (TPSA) is 9.23 Å². The third kappa shape index (κ3) is 1.84. The Kier molecular flexibility index (Phi) is 2.80. The van der Waals surface area contributed by atoms with E-state index in [9.17, 15) is 0 Å². The van der Waals surface area contributed by atoms with E-state index < -0.39 is 0 Å². The maximum absolute atomic E-state index is 5.96. The standard InChI is InChI=1S/C7H13ClO/c1-9-7-5-3-2-4-6(7)8/h6-7H,2-5H2,1H3. The Balaban J connectivity index is 2.30. The molecule has 54 valence electrons. The molecular formula is C7H13ClO. The SMILES string of the molecule is COC1CCCCC1Cl. The summed E-state index contributed by atoms with van der Waals surface area (Å²) in [6.07, 6.45) is 5.14. The van der Waals surface area contributed by atoms with Crippen LogP contribution in [0.15, 0.2) is 0 Å². The molecule has 0 saturated heterocycles. The Bertz CT molecular complexity index is 85.0. The van der Waals surface area contributed by atoms with Crippen LogP contribution in [-0.4, -0.2) is 18.6 Å². The summed E-state index contributed by atoms with van der Waals surface area (Å²) in [5.74, 6) is 0. The molecule has 0 aromatic rings. The van der Waals surface area contributed by atoms with Crippen LogP contribution in [0.25, 0.3) is 0 Å². The Hall–Kier alpha value is 0.250. The van der Waals surface area contributed by atoms with E-state index in [-0.39, 0.29) is 5.38 Å². The van der Waals surface area contributed by atoms with Crippen molar-refractivity contribution in [2.24, 2.45) is 0 Å². The highest BCUT2D eigenvalue weighted by Crippen LogP contribution is 2.24. The fourth-order valence-electron chi connectivity index (χ4n) is 1.32. The van der Waals surface area contributed by atoms with Gasteiger partial charge in [-0.3, -0.25) is 0 Å². The molecule has 1 fully saturated rings. The van der Waals surface area contributed by atoms with Gasteiger partial charge in [0.2, 0.25) is 0 Å². The van der Waals surface area contributed by atoms with Crippen LogP contribution in [0.2, 0.25) is 0 Å². The summed E-state index contributed by atoms with van der Waals surface area (Å²) >= 11 is 5.96. The largest absolute Gasteiger partial charge is 0.380 e. The molecule has 1 aliphatic rings. The zero-order valence-corrected chi connectivity index (χ0v) is 6.53. The van der Waals surface area contributed by atoms with Crippen LogP contribution in [-0.2, 0) is 4.74 Å². The van der Waals surface area contributed by atoms with Crippen molar-refractivity contribution in [2.45, 2.75) is 37.2 Å². The van der Waals surface area contributed by atoms with Crippen LogP contribution in [0.3, 0.4) is 0 Å². The van der Waals surface area contributed by atoms with Crippen LogP contribution >= 0.6 is 11.6 Å². The van der Waals surface area contributed by atoms with Crippen molar-refractivity contribution in [3.63, 3.8) is 0 Å². The van der Waals surface area contributed by atoms with E-state index in [4.69, 9.17) is 16.3 Å². The molecule has 0 amide bonds. The summed E-state index contributed by atoms with van der Waals surface area (Å²) in [4.78, 5) is 0. The second kappa shape index (κ2) is 3.43. The molecule has 1 rings (SSSR count). The molecule has 1 saturated carbocycles. The third-order valence-electron chi connectivity index (χ3n) is 1.92. The normalized spacial score (nSPS) is 36.7. The van der Waals surface area contributed by atoms with E-state index in [1.165, 1.54) is 12.8 Å². The number of hydrogen-bond acceptors (Lipinski definition) is 1. The summed E-state index contributed by atoms with van der Waals surface area (Å²) in [7, 11) is 1.74. The number of alkyl halides is 1. The minimum atomic E-state index is 0.267.